The molecule has 0 radical (unpaired) electrons. The van der Waals surface area contributed by atoms with Crippen LogP contribution in [0.25, 0.3) is 0 Å². The molecule has 14 heteroatoms. The molecule has 0 atom stereocenters. The van der Waals surface area contributed by atoms with Crippen molar-refractivity contribution in [2.24, 2.45) is 0 Å². The quantitative estimate of drug-likeness (QED) is 0.259. The Morgan fingerprint density at radius 3 is 1.83 bits per heavy atom. The highest BCUT2D eigenvalue weighted by Crippen LogP contribution is 2.36. The molecule has 0 aromatic carbocycles. The molecule has 0 aliphatic carbocycles. The van der Waals surface area contributed by atoms with E-state index in [-0.39, 0.29) is 34.3 Å². The summed E-state index contributed by atoms with van der Waals surface area (Å²) < 4.78 is 8.08. The number of methoxy groups -OCH3 is 2. The first kappa shape index (κ1) is 33.4. The summed E-state index contributed by atoms with van der Waals surface area (Å²) in [6.45, 7) is 11.7. The molecule has 222 valence electrons. The lowest BCUT2D eigenvalue weighted by molar-refractivity contribution is -0.116. The summed E-state index contributed by atoms with van der Waals surface area (Å²) >= 11 is 11.7. The number of hydrogen-bond acceptors (Lipinski definition) is 11. The number of carbonyl (C=O) groups excluding carboxylic acids is 3. The van der Waals surface area contributed by atoms with E-state index in [1.54, 1.807) is 30.4 Å². The second kappa shape index (κ2) is 14.7. The van der Waals surface area contributed by atoms with Crippen LogP contribution in [0.4, 0.5) is 22.1 Å². The van der Waals surface area contributed by atoms with Gasteiger partial charge in [-0.05, 0) is 64.7 Å². The van der Waals surface area contributed by atoms with Gasteiger partial charge >= 0.3 is 6.16 Å². The molecule has 4 rings (SSSR count). The van der Waals surface area contributed by atoms with Crippen molar-refractivity contribution in [2.45, 2.75) is 60.0 Å². The number of carbonyl (C=O) groups is 3. The van der Waals surface area contributed by atoms with Crippen molar-refractivity contribution < 1.29 is 23.9 Å². The van der Waals surface area contributed by atoms with E-state index >= 15 is 0 Å². The van der Waals surface area contributed by atoms with E-state index in [0.717, 1.165) is 11.4 Å². The molecule has 0 N–H and O–H groups in total. The predicted octanol–water partition coefficient (Wildman–Crippen LogP) is 5.00. The zero-order valence-electron chi connectivity index (χ0n) is 24.6. The van der Waals surface area contributed by atoms with Crippen molar-refractivity contribution in [2.75, 3.05) is 36.0 Å². The highest BCUT2D eigenvalue weighted by molar-refractivity contribution is 6.28. The number of ketones is 1. The van der Waals surface area contributed by atoms with Crippen LogP contribution in [0.2, 0.25) is 10.6 Å². The number of allylic oxidation sites excluding steroid dienone is 3. The number of rotatable bonds is 2. The summed E-state index contributed by atoms with van der Waals surface area (Å²) in [5.41, 5.74) is 2.79. The number of hydrogen-bond donors (Lipinski definition) is 0. The van der Waals surface area contributed by atoms with Gasteiger partial charge in [-0.15, -0.1) is 0 Å². The number of aromatic nitrogens is 4. The third-order valence-corrected chi connectivity index (χ3v) is 6.31. The number of fused-ring (bicyclic) bond motifs is 2. The second-order valence-electron chi connectivity index (χ2n) is 9.23. The van der Waals surface area contributed by atoms with E-state index < -0.39 is 6.16 Å². The largest absolute Gasteiger partial charge is 0.507 e. The van der Waals surface area contributed by atoms with Crippen molar-refractivity contribution in [3.63, 3.8) is 0 Å². The second-order valence-corrected chi connectivity index (χ2v) is 9.91. The Hall–Kier alpha value is -3.77. The minimum absolute atomic E-state index is 0.0652. The van der Waals surface area contributed by atoms with Crippen LogP contribution >= 0.6 is 23.2 Å². The van der Waals surface area contributed by atoms with Gasteiger partial charge in [0.2, 0.25) is 10.6 Å². The average molecular weight is 609 g/mol. The highest BCUT2D eigenvalue weighted by Gasteiger charge is 2.34. The Morgan fingerprint density at radius 1 is 0.878 bits per heavy atom. The Morgan fingerprint density at radius 2 is 1.37 bits per heavy atom. The van der Waals surface area contributed by atoms with Crippen molar-refractivity contribution in [3.05, 3.63) is 52.1 Å². The fourth-order valence-corrected chi connectivity index (χ4v) is 4.43. The third-order valence-electron chi connectivity index (χ3n) is 5.94. The minimum Gasteiger partial charge on any atom is -0.438 e. The molecule has 0 unspecified atom stereocenters. The van der Waals surface area contributed by atoms with Gasteiger partial charge in [0.1, 0.15) is 17.2 Å². The van der Waals surface area contributed by atoms with Gasteiger partial charge in [-0.3, -0.25) is 9.59 Å². The zero-order chi connectivity index (χ0) is 31.0. The number of nitrogens with zero attached hydrogens (tertiary/aromatic N) is 7. The molecule has 2 aromatic heterocycles. The zero-order valence-corrected chi connectivity index (χ0v) is 26.1. The summed E-state index contributed by atoms with van der Waals surface area (Å²) in [6, 6.07) is 0.258. The van der Waals surface area contributed by atoms with Gasteiger partial charge in [0, 0.05) is 37.3 Å². The van der Waals surface area contributed by atoms with E-state index in [2.05, 4.69) is 29.4 Å². The van der Waals surface area contributed by atoms with Crippen molar-refractivity contribution >= 4 is 58.4 Å². The Labute approximate surface area is 250 Å². The van der Waals surface area contributed by atoms with Crippen LogP contribution in [0.3, 0.4) is 0 Å². The first-order chi connectivity index (χ1) is 19.3. The molecular weight excluding hydrogens is 573 g/mol. The van der Waals surface area contributed by atoms with Gasteiger partial charge in [-0.1, -0.05) is 12.2 Å². The molecule has 1 amide bonds. The fourth-order valence-electron chi connectivity index (χ4n) is 4.17. The lowest BCUT2D eigenvalue weighted by Gasteiger charge is -2.38. The van der Waals surface area contributed by atoms with Gasteiger partial charge in [-0.2, -0.15) is 9.97 Å². The number of Topliss-reactive ketones (excluding diaryl/α,β-unsaturated/α-hetero) is 1. The lowest BCUT2D eigenvalue weighted by atomic mass is 10.0. The number of halogens is 2. The molecule has 12 nitrogen and oxygen atoms in total. The molecule has 2 aliphatic heterocycles. The molecular formula is C27H35Cl2N7O5. The van der Waals surface area contributed by atoms with Gasteiger partial charge in [-0.25, -0.2) is 14.8 Å². The number of amides is 1. The topological polar surface area (TPSA) is 131 Å². The van der Waals surface area contributed by atoms with E-state index in [1.807, 2.05) is 57.4 Å². The summed E-state index contributed by atoms with van der Waals surface area (Å²) in [5, 5.41) is 0.386. The molecule has 0 bridgehead atoms. The summed E-state index contributed by atoms with van der Waals surface area (Å²) in [5.74, 6) is 1.44. The molecule has 0 saturated carbocycles. The van der Waals surface area contributed by atoms with Gasteiger partial charge < -0.3 is 24.2 Å². The molecule has 2 aromatic rings. The lowest BCUT2D eigenvalue weighted by Crippen LogP contribution is -2.45. The normalized spacial score (nSPS) is 16.2. The first-order valence-electron chi connectivity index (χ1n) is 12.7. The third kappa shape index (κ3) is 7.70. The summed E-state index contributed by atoms with van der Waals surface area (Å²) in [4.78, 5) is 55.6. The van der Waals surface area contributed by atoms with Gasteiger partial charge in [0.15, 0.2) is 11.6 Å². The fraction of sp³-hybridized carbons (Fsp3) is 0.444. The van der Waals surface area contributed by atoms with Crippen LogP contribution in [-0.2, 0) is 25.5 Å². The smallest absolute Gasteiger partial charge is 0.438 e. The van der Waals surface area contributed by atoms with Crippen LogP contribution in [-0.4, -0.2) is 71.1 Å². The average Bonchev–Trinajstić information content (AvgIpc) is 2.94. The number of anilines is 3. The molecule has 4 heterocycles. The van der Waals surface area contributed by atoms with E-state index in [0.29, 0.717) is 29.3 Å². The van der Waals surface area contributed by atoms with Crippen molar-refractivity contribution in [3.8, 4) is 0 Å². The first-order valence-corrected chi connectivity index (χ1v) is 13.5. The van der Waals surface area contributed by atoms with Crippen LogP contribution in [0.5, 0.6) is 0 Å². The van der Waals surface area contributed by atoms with Crippen molar-refractivity contribution in [1.29, 1.82) is 0 Å². The Bertz CT molecular complexity index is 1340. The molecule has 0 fully saturated rings. The summed E-state index contributed by atoms with van der Waals surface area (Å²) in [7, 11) is 4.22. The molecule has 41 heavy (non-hydrogen) atoms. The maximum atomic E-state index is 12.2. The van der Waals surface area contributed by atoms with E-state index in [1.165, 1.54) is 14.2 Å². The Balaban J connectivity index is 0.000000241. The monoisotopic (exact) mass is 607 g/mol. The standard InChI is InChI=1S/C12H15ClN4O.C12H14ClN3O.C3H6O3/c1-5-8-11(18)16(4)9-6-14-12(13)15-10(9)17(8)7(2)3;1-4-9-10(17)5-8-6-14-12(13)15-11(8)16(9)7(2)3;1-5-3(4)6-2/h5-7H,1-4H3;4,6-7H,5H2,1-3H3;1-2H3. The predicted molar refractivity (Wildman–Crippen MR) is 158 cm³/mol. The van der Waals surface area contributed by atoms with E-state index in [4.69, 9.17) is 23.2 Å². The molecule has 0 saturated heterocycles. The van der Waals surface area contributed by atoms with Gasteiger partial charge in [0.05, 0.1) is 26.1 Å². The summed E-state index contributed by atoms with van der Waals surface area (Å²) in [6.07, 6.45) is 6.50. The van der Waals surface area contributed by atoms with Crippen molar-refractivity contribution in [1.82, 2.24) is 19.9 Å². The Kier molecular flexibility index (Phi) is 12.0. The minimum atomic E-state index is -0.657. The maximum Gasteiger partial charge on any atom is 0.507 e. The molecule has 2 aliphatic rings. The molecule has 0 spiro atoms. The number of likely N-dealkylation sites (N-methyl/N-ethyl adjacent to an activating group) is 1. The number of ether oxygens (including phenoxy) is 2. The van der Waals surface area contributed by atoms with E-state index in [9.17, 15) is 14.4 Å². The van der Waals surface area contributed by atoms with Crippen LogP contribution < -0.4 is 14.7 Å². The SMILES string of the molecule is CC=C1C(=O)Cc2cnc(Cl)nc2N1C(C)C.CC=C1C(=O)N(C)c2cnc(Cl)nc2N1C(C)C.COC(=O)OC. The van der Waals surface area contributed by atoms with Crippen LogP contribution in [0.15, 0.2) is 35.9 Å². The maximum absolute atomic E-state index is 12.2. The highest BCUT2D eigenvalue weighted by atomic mass is 35.5. The van der Waals surface area contributed by atoms with Crippen LogP contribution in [0, 0.1) is 0 Å². The van der Waals surface area contributed by atoms with Gasteiger partial charge in [0.25, 0.3) is 5.91 Å². The van der Waals surface area contributed by atoms with Crippen LogP contribution in [0.1, 0.15) is 47.1 Å².